The highest BCUT2D eigenvalue weighted by atomic mass is 16.5. The normalized spacial score (nSPS) is 11.3. The number of ether oxygens (including phenoxy) is 2. The number of aromatic amines is 1. The Bertz CT molecular complexity index is 1320. The molecule has 3 heterocycles. The molecule has 31 heavy (non-hydrogen) atoms. The summed E-state index contributed by atoms with van der Waals surface area (Å²) in [4.78, 5) is 29.6. The van der Waals surface area contributed by atoms with E-state index in [0.29, 0.717) is 59.2 Å². The van der Waals surface area contributed by atoms with E-state index in [4.69, 9.17) is 14.5 Å². The van der Waals surface area contributed by atoms with Crippen molar-refractivity contribution in [3.63, 3.8) is 0 Å². The average Bonchev–Trinajstić information content (AvgIpc) is 3.14. The third-order valence-electron chi connectivity index (χ3n) is 5.30. The van der Waals surface area contributed by atoms with Crippen LogP contribution in [-0.2, 0) is 19.4 Å². The first-order valence-electron chi connectivity index (χ1n) is 10.3. The molecule has 0 aliphatic carbocycles. The standard InChI is InChI=1S/C22H26N6O3/c1-6-14-18-20(28-17(7-2)24-12(3)19(28)21(29)26-18)27-22(25-14)23-11-13-8-9-15(30-4)16(10-13)31-5/h8-10H,6-7,11H2,1-5H3,(H,26,29)(H,23,25,27). The topological polar surface area (TPSA) is 106 Å². The van der Waals surface area contributed by atoms with Gasteiger partial charge in [0.05, 0.1) is 25.6 Å². The van der Waals surface area contributed by atoms with Crippen LogP contribution < -0.4 is 20.3 Å². The maximum absolute atomic E-state index is 12.7. The molecule has 9 nitrogen and oxygen atoms in total. The summed E-state index contributed by atoms with van der Waals surface area (Å²) in [6, 6.07) is 5.74. The summed E-state index contributed by atoms with van der Waals surface area (Å²) >= 11 is 0. The lowest BCUT2D eigenvalue weighted by Gasteiger charge is -2.12. The van der Waals surface area contributed by atoms with Crippen LogP contribution in [0.5, 0.6) is 11.5 Å². The zero-order valence-electron chi connectivity index (χ0n) is 18.4. The molecule has 0 unspecified atom stereocenters. The number of anilines is 1. The lowest BCUT2D eigenvalue weighted by atomic mass is 10.2. The Morgan fingerprint density at radius 3 is 2.52 bits per heavy atom. The Balaban J connectivity index is 1.80. The minimum absolute atomic E-state index is 0.179. The number of benzene rings is 1. The molecular formula is C22H26N6O3. The SMILES string of the molecule is CCc1nc(NCc2ccc(OC)c(OC)c2)nc2c1[nH]c(=O)c1c(C)nc(CC)n12. The van der Waals surface area contributed by atoms with E-state index in [2.05, 4.69) is 20.3 Å². The van der Waals surface area contributed by atoms with Crippen LogP contribution in [0.25, 0.3) is 16.7 Å². The number of methoxy groups -OCH3 is 2. The fraction of sp³-hybridized carbons (Fsp3) is 0.364. The van der Waals surface area contributed by atoms with Gasteiger partial charge in [-0.1, -0.05) is 19.9 Å². The van der Waals surface area contributed by atoms with Crippen LogP contribution in [0.3, 0.4) is 0 Å². The number of hydrogen-bond acceptors (Lipinski definition) is 7. The van der Waals surface area contributed by atoms with Gasteiger partial charge < -0.3 is 19.8 Å². The second kappa shape index (κ2) is 8.25. The minimum Gasteiger partial charge on any atom is -0.493 e. The van der Waals surface area contributed by atoms with Gasteiger partial charge in [-0.3, -0.25) is 9.20 Å². The number of H-pyrrole nitrogens is 1. The number of fused-ring (bicyclic) bond motifs is 3. The van der Waals surface area contributed by atoms with Gasteiger partial charge in [-0.15, -0.1) is 0 Å². The molecule has 0 bridgehead atoms. The molecule has 2 N–H and O–H groups in total. The molecular weight excluding hydrogens is 396 g/mol. The number of nitrogens with zero attached hydrogens (tertiary/aromatic N) is 4. The fourth-order valence-electron chi connectivity index (χ4n) is 3.78. The second-order valence-electron chi connectivity index (χ2n) is 7.19. The van der Waals surface area contributed by atoms with E-state index in [1.165, 1.54) is 0 Å². The summed E-state index contributed by atoms with van der Waals surface area (Å²) in [6.45, 7) is 6.36. The van der Waals surface area contributed by atoms with Crippen LogP contribution in [0.1, 0.15) is 36.6 Å². The van der Waals surface area contributed by atoms with Crippen molar-refractivity contribution in [2.24, 2.45) is 0 Å². The Morgan fingerprint density at radius 1 is 1.06 bits per heavy atom. The van der Waals surface area contributed by atoms with Crippen molar-refractivity contribution in [3.05, 3.63) is 51.3 Å². The molecule has 0 aliphatic rings. The maximum atomic E-state index is 12.7. The van der Waals surface area contributed by atoms with Crippen LogP contribution in [0.15, 0.2) is 23.0 Å². The predicted molar refractivity (Wildman–Crippen MR) is 119 cm³/mol. The van der Waals surface area contributed by atoms with Gasteiger partial charge in [0, 0.05) is 13.0 Å². The van der Waals surface area contributed by atoms with Crippen LogP contribution in [0, 0.1) is 6.92 Å². The van der Waals surface area contributed by atoms with Crippen molar-refractivity contribution in [2.45, 2.75) is 40.2 Å². The predicted octanol–water partition coefficient (Wildman–Crippen LogP) is 3.03. The third-order valence-corrected chi connectivity index (χ3v) is 5.30. The van der Waals surface area contributed by atoms with E-state index in [1.54, 1.807) is 14.2 Å². The molecule has 9 heteroatoms. The fourth-order valence-corrected chi connectivity index (χ4v) is 3.78. The molecule has 1 aromatic carbocycles. The molecule has 162 valence electrons. The van der Waals surface area contributed by atoms with Gasteiger partial charge in [-0.05, 0) is 31.0 Å². The highest BCUT2D eigenvalue weighted by Crippen LogP contribution is 2.28. The molecule has 0 saturated heterocycles. The monoisotopic (exact) mass is 422 g/mol. The molecule has 3 aromatic heterocycles. The van der Waals surface area contributed by atoms with Crippen molar-refractivity contribution in [1.82, 2.24) is 24.3 Å². The maximum Gasteiger partial charge on any atom is 0.274 e. The number of hydrogen-bond donors (Lipinski definition) is 2. The Morgan fingerprint density at radius 2 is 1.84 bits per heavy atom. The summed E-state index contributed by atoms with van der Waals surface area (Å²) in [5.74, 6) is 2.63. The first kappa shape index (κ1) is 20.6. The molecule has 4 rings (SSSR count). The number of rotatable bonds is 7. The van der Waals surface area contributed by atoms with E-state index in [1.807, 2.05) is 43.4 Å². The molecule has 0 aliphatic heterocycles. The van der Waals surface area contributed by atoms with E-state index < -0.39 is 0 Å². The van der Waals surface area contributed by atoms with Gasteiger partial charge >= 0.3 is 0 Å². The quantitative estimate of drug-likeness (QED) is 0.471. The largest absolute Gasteiger partial charge is 0.493 e. The number of imidazole rings is 1. The summed E-state index contributed by atoms with van der Waals surface area (Å²) in [5.41, 5.74) is 4.09. The summed E-state index contributed by atoms with van der Waals surface area (Å²) < 4.78 is 12.5. The van der Waals surface area contributed by atoms with Gasteiger partial charge in [-0.2, -0.15) is 4.98 Å². The summed E-state index contributed by atoms with van der Waals surface area (Å²) in [5, 5.41) is 3.30. The van der Waals surface area contributed by atoms with Crippen molar-refractivity contribution < 1.29 is 9.47 Å². The third kappa shape index (κ3) is 3.56. The molecule has 0 fully saturated rings. The molecule has 0 saturated carbocycles. The van der Waals surface area contributed by atoms with Gasteiger partial charge in [0.1, 0.15) is 16.9 Å². The van der Waals surface area contributed by atoms with Crippen molar-refractivity contribution in [2.75, 3.05) is 19.5 Å². The molecule has 4 aromatic rings. The Hall–Kier alpha value is -3.62. The molecule has 0 atom stereocenters. The summed E-state index contributed by atoms with van der Waals surface area (Å²) in [6.07, 6.45) is 1.34. The molecule has 0 amide bonds. The van der Waals surface area contributed by atoms with E-state index in [-0.39, 0.29) is 5.56 Å². The zero-order valence-corrected chi connectivity index (χ0v) is 18.4. The van der Waals surface area contributed by atoms with Crippen LogP contribution in [0.4, 0.5) is 5.95 Å². The van der Waals surface area contributed by atoms with Crippen molar-refractivity contribution >= 4 is 22.6 Å². The van der Waals surface area contributed by atoms with Gasteiger partial charge in [0.2, 0.25) is 5.95 Å². The first-order chi connectivity index (χ1) is 15.0. The lowest BCUT2D eigenvalue weighted by Crippen LogP contribution is -2.16. The van der Waals surface area contributed by atoms with Crippen LogP contribution in [0.2, 0.25) is 0 Å². The Labute approximate surface area is 179 Å². The van der Waals surface area contributed by atoms with Gasteiger partial charge in [0.25, 0.3) is 5.56 Å². The van der Waals surface area contributed by atoms with Crippen LogP contribution in [-0.4, -0.2) is 38.6 Å². The minimum atomic E-state index is -0.179. The number of aromatic nitrogens is 5. The first-order valence-corrected chi connectivity index (χ1v) is 10.3. The smallest absolute Gasteiger partial charge is 0.274 e. The van der Waals surface area contributed by atoms with E-state index >= 15 is 0 Å². The second-order valence-corrected chi connectivity index (χ2v) is 7.19. The van der Waals surface area contributed by atoms with Crippen LogP contribution >= 0.6 is 0 Å². The van der Waals surface area contributed by atoms with E-state index in [9.17, 15) is 4.79 Å². The van der Waals surface area contributed by atoms with Gasteiger partial charge in [0.15, 0.2) is 17.1 Å². The molecule has 0 spiro atoms. The lowest BCUT2D eigenvalue weighted by molar-refractivity contribution is 0.354. The van der Waals surface area contributed by atoms with E-state index in [0.717, 1.165) is 17.1 Å². The highest BCUT2D eigenvalue weighted by Gasteiger charge is 2.18. The number of nitrogens with one attached hydrogen (secondary N) is 2. The van der Waals surface area contributed by atoms with Crippen molar-refractivity contribution in [1.29, 1.82) is 0 Å². The average molecular weight is 422 g/mol. The highest BCUT2D eigenvalue weighted by molar-refractivity contribution is 5.78. The zero-order chi connectivity index (χ0) is 22.1. The van der Waals surface area contributed by atoms with Crippen molar-refractivity contribution in [3.8, 4) is 11.5 Å². The number of aryl methyl sites for hydroxylation is 3. The molecule has 0 radical (unpaired) electrons. The summed E-state index contributed by atoms with van der Waals surface area (Å²) in [7, 11) is 3.22. The van der Waals surface area contributed by atoms with Gasteiger partial charge in [-0.25, -0.2) is 9.97 Å². The Kier molecular flexibility index (Phi) is 5.50.